The molecule has 426 valence electrons. The van der Waals surface area contributed by atoms with Crippen molar-refractivity contribution in [1.29, 1.82) is 0 Å². The molecular formula is C52H86O22. The average molecular weight is 1060 g/mol. The molecule has 3 saturated carbocycles. The van der Waals surface area contributed by atoms with Crippen LogP contribution >= 0.6 is 0 Å². The normalized spacial score (nSPS) is 54.9. The summed E-state index contributed by atoms with van der Waals surface area (Å²) < 4.78 is 61.5. The van der Waals surface area contributed by atoms with Gasteiger partial charge in [0, 0.05) is 19.4 Å². The molecule has 5 heterocycles. The van der Waals surface area contributed by atoms with Crippen molar-refractivity contribution in [3.05, 3.63) is 11.6 Å². The van der Waals surface area contributed by atoms with Gasteiger partial charge in [-0.15, -0.1) is 0 Å². The van der Waals surface area contributed by atoms with Crippen LogP contribution in [-0.4, -0.2) is 229 Å². The Hall–Kier alpha value is -1.14. The van der Waals surface area contributed by atoms with Gasteiger partial charge in [0.15, 0.2) is 30.9 Å². The van der Waals surface area contributed by atoms with E-state index < -0.39 is 148 Å². The molecule has 0 aromatic rings. The molecule has 0 spiro atoms. The minimum atomic E-state index is -1.74. The standard InChI is InChI=1S/C52H86O22/c1-21(20-66-46-40(61)39(60)36(57)31(18-53)70-46)10-15-52(65-7)22(2)33-30(74-52)17-29-27-9-8-25-16-26(11-13-50(25,5)28(27)12-14-51(29,33)6)69-49-45(73-48-42(63)38(59)35(56)24(4)68-48)43(64)44(32(19-54)71-49)72-47-41(62)37(58)34(55)23(3)67-47/h8,21-24,26-49,53-64H,9-20H2,1-7H3/t21-,22+,23+,24+,26+,27-,28+,29+,30+,31-,32-,33?,34+,35+,36-,37-,38-,39+,40-,41-,42-,43+,44-,45?,46-,47+,48+,49-,50+,51+,52-/m1/s1. The number of methoxy groups -OCH3 is 1. The van der Waals surface area contributed by atoms with E-state index in [1.54, 1.807) is 7.11 Å². The van der Waals surface area contributed by atoms with E-state index >= 15 is 0 Å². The van der Waals surface area contributed by atoms with Gasteiger partial charge in [0.25, 0.3) is 0 Å². The van der Waals surface area contributed by atoms with Gasteiger partial charge in [-0.25, -0.2) is 0 Å². The maximum absolute atomic E-state index is 12.1. The lowest BCUT2D eigenvalue weighted by atomic mass is 9.47. The third-order valence-corrected chi connectivity index (χ3v) is 19.8. The predicted octanol–water partition coefficient (Wildman–Crippen LogP) is -1.33. The van der Waals surface area contributed by atoms with Crippen LogP contribution in [-0.2, 0) is 47.4 Å². The van der Waals surface area contributed by atoms with Crippen molar-refractivity contribution in [2.45, 2.75) is 240 Å². The molecule has 9 rings (SSSR count). The van der Waals surface area contributed by atoms with Gasteiger partial charge in [-0.3, -0.25) is 0 Å². The van der Waals surface area contributed by atoms with Gasteiger partial charge in [0.2, 0.25) is 0 Å². The quantitative estimate of drug-likeness (QED) is 0.0846. The summed E-state index contributed by atoms with van der Waals surface area (Å²) in [6.45, 7) is 11.1. The van der Waals surface area contributed by atoms with Crippen LogP contribution in [0.2, 0.25) is 0 Å². The second-order valence-corrected chi connectivity index (χ2v) is 24.0. The molecule has 0 aromatic heterocycles. The van der Waals surface area contributed by atoms with Crippen LogP contribution in [0, 0.1) is 46.3 Å². The molecule has 2 unspecified atom stereocenters. The maximum atomic E-state index is 12.1. The molecule has 74 heavy (non-hydrogen) atoms. The first-order chi connectivity index (χ1) is 35.0. The van der Waals surface area contributed by atoms with Crippen molar-refractivity contribution in [2.75, 3.05) is 26.9 Å². The van der Waals surface area contributed by atoms with E-state index in [0.717, 1.165) is 32.1 Å². The van der Waals surface area contributed by atoms with Crippen LogP contribution in [0.1, 0.15) is 99.3 Å². The van der Waals surface area contributed by atoms with Crippen LogP contribution in [0.25, 0.3) is 0 Å². The van der Waals surface area contributed by atoms with Crippen LogP contribution in [0.3, 0.4) is 0 Å². The van der Waals surface area contributed by atoms with Crippen LogP contribution in [0.5, 0.6) is 0 Å². The first kappa shape index (κ1) is 57.5. The molecule has 22 heteroatoms. The lowest BCUT2D eigenvalue weighted by Crippen LogP contribution is -2.66. The van der Waals surface area contributed by atoms with Crippen LogP contribution < -0.4 is 0 Å². The summed E-state index contributed by atoms with van der Waals surface area (Å²) >= 11 is 0. The number of hydrogen-bond acceptors (Lipinski definition) is 22. The maximum Gasteiger partial charge on any atom is 0.187 e. The Balaban J connectivity index is 0.854. The smallest absolute Gasteiger partial charge is 0.187 e. The molecule has 0 aromatic carbocycles. The summed E-state index contributed by atoms with van der Waals surface area (Å²) in [5.41, 5.74) is 1.19. The van der Waals surface area contributed by atoms with Gasteiger partial charge in [-0.2, -0.15) is 0 Å². The second kappa shape index (κ2) is 22.4. The minimum Gasteiger partial charge on any atom is -0.394 e. The Morgan fingerprint density at radius 2 is 1.24 bits per heavy atom. The van der Waals surface area contributed by atoms with Crippen molar-refractivity contribution in [3.63, 3.8) is 0 Å². The van der Waals surface area contributed by atoms with Crippen molar-refractivity contribution < 1.29 is 109 Å². The zero-order valence-electron chi connectivity index (χ0n) is 43.7. The Morgan fingerprint density at radius 1 is 0.649 bits per heavy atom. The van der Waals surface area contributed by atoms with E-state index in [0.29, 0.717) is 43.4 Å². The molecule has 12 N–H and O–H groups in total. The molecule has 0 radical (unpaired) electrons. The molecule has 4 aliphatic carbocycles. The SMILES string of the molecule is CO[C@]1(CC[C@@H](C)CO[C@@H]2O[C@H](CO)[C@@H](O)[C@H](O)[C@H]2O)O[C@H]2C[C@H]3[C@@H]4CC=C5C[C@@H](O[C@@H]6O[C@H](CO)[C@@H](O[C@@H]7O[C@@H](C)[C@H](O)[C@@H](O)[C@H]7O)[C@H](O)C6O[C@@H]6O[C@@H](C)[C@H](O)[C@@H](O)[C@H]6O)CC[C@]5(C)[C@H]4CC[C@]3(C)C2[C@@H]1C. The van der Waals surface area contributed by atoms with Gasteiger partial charge in [-0.05, 0) is 106 Å². The second-order valence-electron chi connectivity index (χ2n) is 24.0. The Morgan fingerprint density at radius 3 is 1.86 bits per heavy atom. The number of aliphatic hydroxyl groups is 12. The Kier molecular flexibility index (Phi) is 17.4. The first-order valence-electron chi connectivity index (χ1n) is 27.2. The molecule has 5 saturated heterocycles. The van der Waals surface area contributed by atoms with E-state index in [9.17, 15) is 61.3 Å². The first-order valence-corrected chi connectivity index (χ1v) is 27.2. The molecule has 22 nitrogen and oxygen atoms in total. The number of allylic oxidation sites excluding steroid dienone is 1. The van der Waals surface area contributed by atoms with E-state index in [-0.39, 0.29) is 41.3 Å². The summed E-state index contributed by atoms with van der Waals surface area (Å²) in [5, 5.41) is 127. The Labute approximate surface area is 432 Å². The molecule has 0 amide bonds. The van der Waals surface area contributed by atoms with E-state index in [1.807, 2.05) is 6.92 Å². The molecule has 0 bridgehead atoms. The highest BCUT2D eigenvalue weighted by molar-refractivity contribution is 5.26. The number of ether oxygens (including phenoxy) is 10. The largest absolute Gasteiger partial charge is 0.394 e. The molecule has 8 fully saturated rings. The zero-order chi connectivity index (χ0) is 53.5. The number of aliphatic hydroxyl groups excluding tert-OH is 12. The average Bonchev–Trinajstić information content (AvgIpc) is 3.84. The number of hydrogen-bond donors (Lipinski definition) is 12. The lowest BCUT2D eigenvalue weighted by molar-refractivity contribution is -0.388. The van der Waals surface area contributed by atoms with Gasteiger partial charge in [0.1, 0.15) is 85.5 Å². The van der Waals surface area contributed by atoms with Crippen LogP contribution in [0.4, 0.5) is 0 Å². The van der Waals surface area contributed by atoms with E-state index in [2.05, 4.69) is 26.8 Å². The van der Waals surface area contributed by atoms with E-state index in [4.69, 9.17) is 47.4 Å². The Bertz CT molecular complexity index is 1920. The third kappa shape index (κ3) is 10.1. The summed E-state index contributed by atoms with van der Waals surface area (Å²) in [7, 11) is 1.72. The third-order valence-electron chi connectivity index (χ3n) is 19.8. The summed E-state index contributed by atoms with van der Waals surface area (Å²) in [4.78, 5) is 0. The minimum absolute atomic E-state index is 0.00465. The van der Waals surface area contributed by atoms with Gasteiger partial charge >= 0.3 is 0 Å². The highest BCUT2D eigenvalue weighted by Gasteiger charge is 2.68. The number of rotatable bonds is 15. The molecular weight excluding hydrogens is 977 g/mol. The van der Waals surface area contributed by atoms with Gasteiger partial charge in [0.05, 0.1) is 44.2 Å². The van der Waals surface area contributed by atoms with E-state index in [1.165, 1.54) is 19.4 Å². The highest BCUT2D eigenvalue weighted by atomic mass is 16.8. The lowest BCUT2D eigenvalue weighted by Gasteiger charge is -2.58. The fraction of sp³-hybridized carbons (Fsp3) is 0.962. The molecule has 31 atom stereocenters. The fourth-order valence-electron chi connectivity index (χ4n) is 15.3. The monoisotopic (exact) mass is 1060 g/mol. The topological polar surface area (TPSA) is 335 Å². The molecule has 5 aliphatic heterocycles. The van der Waals surface area contributed by atoms with Crippen molar-refractivity contribution in [2.24, 2.45) is 46.3 Å². The zero-order valence-corrected chi connectivity index (χ0v) is 43.7. The highest BCUT2D eigenvalue weighted by Crippen LogP contribution is 2.70. The van der Waals surface area contributed by atoms with Crippen molar-refractivity contribution in [1.82, 2.24) is 0 Å². The molecule has 9 aliphatic rings. The number of fused-ring (bicyclic) bond motifs is 7. The predicted molar refractivity (Wildman–Crippen MR) is 254 cm³/mol. The summed E-state index contributed by atoms with van der Waals surface area (Å²) in [6, 6.07) is 0. The summed E-state index contributed by atoms with van der Waals surface area (Å²) in [5.74, 6) is 0.884. The van der Waals surface area contributed by atoms with Crippen LogP contribution in [0.15, 0.2) is 11.6 Å². The van der Waals surface area contributed by atoms with Crippen molar-refractivity contribution in [3.8, 4) is 0 Å². The van der Waals surface area contributed by atoms with Gasteiger partial charge in [-0.1, -0.05) is 39.3 Å². The van der Waals surface area contributed by atoms with Gasteiger partial charge < -0.3 is 109 Å². The van der Waals surface area contributed by atoms with Crippen molar-refractivity contribution >= 4 is 0 Å². The fourth-order valence-corrected chi connectivity index (χ4v) is 15.3. The summed E-state index contributed by atoms with van der Waals surface area (Å²) in [6.07, 6.45) is -19.4.